The van der Waals surface area contributed by atoms with E-state index >= 15 is 0 Å². The van der Waals surface area contributed by atoms with Crippen LogP contribution in [0.25, 0.3) is 0 Å². The van der Waals surface area contributed by atoms with Gasteiger partial charge in [-0.2, -0.15) is 0 Å². The van der Waals surface area contributed by atoms with E-state index in [9.17, 15) is 0 Å². The van der Waals surface area contributed by atoms with Crippen LogP contribution in [0.2, 0.25) is 0 Å². The molecule has 2 fully saturated rings. The number of piperidine rings is 1. The summed E-state index contributed by atoms with van der Waals surface area (Å²) in [5.41, 5.74) is 0.641. The van der Waals surface area contributed by atoms with Gasteiger partial charge in [-0.1, -0.05) is 13.8 Å². The van der Waals surface area contributed by atoms with Gasteiger partial charge in [-0.3, -0.25) is 0 Å². The summed E-state index contributed by atoms with van der Waals surface area (Å²) in [5.74, 6) is 0.921. The molecular formula is C12H24N2. The second kappa shape index (κ2) is 4.19. The average molecular weight is 196 g/mol. The van der Waals surface area contributed by atoms with E-state index in [0.29, 0.717) is 5.41 Å². The largest absolute Gasteiger partial charge is 0.316 e. The Morgan fingerprint density at radius 2 is 2.21 bits per heavy atom. The molecule has 2 nitrogen and oxygen atoms in total. The van der Waals surface area contributed by atoms with E-state index in [1.54, 1.807) is 0 Å². The lowest BCUT2D eigenvalue weighted by Gasteiger charge is -2.49. The second-order valence-corrected chi connectivity index (χ2v) is 5.55. The first-order valence-electron chi connectivity index (χ1n) is 6.15. The lowest BCUT2D eigenvalue weighted by molar-refractivity contribution is -0.00110. The monoisotopic (exact) mass is 196 g/mol. The minimum absolute atomic E-state index is 0.641. The summed E-state index contributed by atoms with van der Waals surface area (Å²) in [7, 11) is 0. The Labute approximate surface area is 88.1 Å². The molecule has 14 heavy (non-hydrogen) atoms. The Kier molecular flexibility index (Phi) is 3.13. The molecule has 2 aliphatic heterocycles. The Bertz CT molecular complexity index is 179. The smallest absolute Gasteiger partial charge is 0.00478 e. The summed E-state index contributed by atoms with van der Waals surface area (Å²) >= 11 is 0. The molecule has 0 bridgehead atoms. The molecule has 2 saturated heterocycles. The fourth-order valence-corrected chi connectivity index (χ4v) is 2.83. The van der Waals surface area contributed by atoms with Crippen molar-refractivity contribution in [2.24, 2.45) is 11.3 Å². The molecule has 82 valence electrons. The third-order valence-corrected chi connectivity index (χ3v) is 3.98. The maximum Gasteiger partial charge on any atom is 0.00478 e. The van der Waals surface area contributed by atoms with Crippen molar-refractivity contribution >= 4 is 0 Å². The van der Waals surface area contributed by atoms with Crippen LogP contribution in [0, 0.1) is 11.3 Å². The molecule has 0 aromatic rings. The molecular weight excluding hydrogens is 172 g/mol. The molecule has 0 aromatic heterocycles. The predicted molar refractivity (Wildman–Crippen MR) is 60.4 cm³/mol. The van der Waals surface area contributed by atoms with Crippen LogP contribution >= 0.6 is 0 Å². The van der Waals surface area contributed by atoms with Crippen LogP contribution in [0.1, 0.15) is 33.1 Å². The number of hydrogen-bond acceptors (Lipinski definition) is 2. The number of nitrogens with zero attached hydrogens (tertiary/aromatic N) is 1. The Morgan fingerprint density at radius 3 is 2.79 bits per heavy atom. The summed E-state index contributed by atoms with van der Waals surface area (Å²) in [6.45, 7) is 11.2. The minimum Gasteiger partial charge on any atom is -0.316 e. The lowest BCUT2D eigenvalue weighted by Crippen LogP contribution is -2.56. The highest BCUT2D eigenvalue weighted by Crippen LogP contribution is 2.33. The van der Waals surface area contributed by atoms with Crippen molar-refractivity contribution in [3.05, 3.63) is 0 Å². The van der Waals surface area contributed by atoms with Gasteiger partial charge in [0, 0.05) is 19.6 Å². The third kappa shape index (κ3) is 2.29. The van der Waals surface area contributed by atoms with Crippen LogP contribution in [0.3, 0.4) is 0 Å². The highest BCUT2D eigenvalue weighted by Gasteiger charge is 2.37. The van der Waals surface area contributed by atoms with E-state index in [-0.39, 0.29) is 0 Å². The van der Waals surface area contributed by atoms with Gasteiger partial charge in [0.15, 0.2) is 0 Å². The summed E-state index contributed by atoms with van der Waals surface area (Å²) in [6, 6.07) is 0. The molecule has 0 aromatic carbocycles. The Hall–Kier alpha value is -0.0800. The molecule has 0 spiro atoms. The van der Waals surface area contributed by atoms with Gasteiger partial charge in [-0.25, -0.2) is 0 Å². The van der Waals surface area contributed by atoms with Crippen LogP contribution in [-0.4, -0.2) is 37.6 Å². The lowest BCUT2D eigenvalue weighted by atomic mass is 9.79. The zero-order valence-corrected chi connectivity index (χ0v) is 9.68. The van der Waals surface area contributed by atoms with Crippen molar-refractivity contribution in [1.82, 2.24) is 10.2 Å². The average Bonchev–Trinajstić information content (AvgIpc) is 2.17. The van der Waals surface area contributed by atoms with Crippen LogP contribution in [0.15, 0.2) is 0 Å². The van der Waals surface area contributed by atoms with Crippen molar-refractivity contribution in [3.8, 4) is 0 Å². The molecule has 2 aliphatic rings. The number of hydrogen-bond donors (Lipinski definition) is 1. The van der Waals surface area contributed by atoms with Crippen LogP contribution < -0.4 is 5.32 Å². The molecule has 0 radical (unpaired) electrons. The minimum atomic E-state index is 0.641. The van der Waals surface area contributed by atoms with E-state index in [0.717, 1.165) is 5.92 Å². The van der Waals surface area contributed by atoms with Crippen LogP contribution in [-0.2, 0) is 0 Å². The van der Waals surface area contributed by atoms with Crippen LogP contribution in [0.5, 0.6) is 0 Å². The molecule has 0 unspecified atom stereocenters. The van der Waals surface area contributed by atoms with Crippen molar-refractivity contribution < 1.29 is 0 Å². The summed E-state index contributed by atoms with van der Waals surface area (Å²) in [5, 5.41) is 3.50. The second-order valence-electron chi connectivity index (χ2n) is 5.55. The number of likely N-dealkylation sites (tertiary alicyclic amines) is 1. The van der Waals surface area contributed by atoms with Crippen molar-refractivity contribution in [3.63, 3.8) is 0 Å². The van der Waals surface area contributed by atoms with E-state index in [4.69, 9.17) is 0 Å². The first kappa shape index (κ1) is 10.4. The fourth-order valence-electron chi connectivity index (χ4n) is 2.83. The van der Waals surface area contributed by atoms with Gasteiger partial charge in [0.25, 0.3) is 0 Å². The third-order valence-electron chi connectivity index (χ3n) is 3.98. The van der Waals surface area contributed by atoms with Crippen molar-refractivity contribution in [2.45, 2.75) is 33.1 Å². The normalized spacial score (nSPS) is 32.6. The molecule has 1 atom stereocenters. The van der Waals surface area contributed by atoms with E-state index in [1.807, 2.05) is 0 Å². The van der Waals surface area contributed by atoms with Gasteiger partial charge in [0.2, 0.25) is 0 Å². The maximum atomic E-state index is 3.50. The van der Waals surface area contributed by atoms with Crippen LogP contribution in [0.4, 0.5) is 0 Å². The fraction of sp³-hybridized carbons (Fsp3) is 1.00. The first-order valence-corrected chi connectivity index (χ1v) is 6.15. The quantitative estimate of drug-likeness (QED) is 0.739. The first-order chi connectivity index (χ1) is 6.72. The maximum absolute atomic E-state index is 3.50. The Balaban J connectivity index is 1.68. The van der Waals surface area contributed by atoms with Gasteiger partial charge in [0.1, 0.15) is 0 Å². The standard InChI is InChI=1S/C12H24N2/c1-3-12(2)9-14(10-12)8-11-5-4-6-13-7-11/h11,13H,3-10H2,1-2H3/t11-/m0/s1. The zero-order valence-electron chi connectivity index (χ0n) is 9.68. The van der Waals surface area contributed by atoms with Gasteiger partial charge < -0.3 is 10.2 Å². The predicted octanol–water partition coefficient (Wildman–Crippen LogP) is 1.72. The van der Waals surface area contributed by atoms with Crippen molar-refractivity contribution in [2.75, 3.05) is 32.7 Å². The molecule has 0 amide bonds. The van der Waals surface area contributed by atoms with E-state index < -0.39 is 0 Å². The topological polar surface area (TPSA) is 15.3 Å². The van der Waals surface area contributed by atoms with Gasteiger partial charge in [0.05, 0.1) is 0 Å². The molecule has 1 N–H and O–H groups in total. The molecule has 2 rings (SSSR count). The number of nitrogens with one attached hydrogen (secondary N) is 1. The summed E-state index contributed by atoms with van der Waals surface area (Å²) in [6.07, 6.45) is 4.16. The molecule has 0 saturated carbocycles. The van der Waals surface area contributed by atoms with E-state index in [1.165, 1.54) is 52.0 Å². The van der Waals surface area contributed by atoms with Gasteiger partial charge in [-0.05, 0) is 43.7 Å². The SMILES string of the molecule is CCC1(C)CN(C[C@H]2CCCNC2)C1. The summed E-state index contributed by atoms with van der Waals surface area (Å²) in [4.78, 5) is 2.64. The van der Waals surface area contributed by atoms with Crippen molar-refractivity contribution in [1.29, 1.82) is 0 Å². The molecule has 0 aliphatic carbocycles. The van der Waals surface area contributed by atoms with Gasteiger partial charge in [-0.15, -0.1) is 0 Å². The Morgan fingerprint density at radius 1 is 1.43 bits per heavy atom. The van der Waals surface area contributed by atoms with E-state index in [2.05, 4.69) is 24.1 Å². The highest BCUT2D eigenvalue weighted by molar-refractivity contribution is 4.91. The molecule has 2 heteroatoms. The summed E-state index contributed by atoms with van der Waals surface area (Å²) < 4.78 is 0. The highest BCUT2D eigenvalue weighted by atomic mass is 15.2. The number of rotatable bonds is 3. The zero-order chi connectivity index (χ0) is 10.0. The van der Waals surface area contributed by atoms with Gasteiger partial charge >= 0.3 is 0 Å². The molecule has 2 heterocycles.